The molecule has 7 nitrogen and oxygen atoms in total. The monoisotopic (exact) mass is 635 g/mol. The van der Waals surface area contributed by atoms with E-state index in [9.17, 15) is 35.6 Å². The van der Waals surface area contributed by atoms with Gasteiger partial charge >= 0.3 is 6.18 Å². The van der Waals surface area contributed by atoms with Crippen molar-refractivity contribution in [2.75, 3.05) is 17.1 Å². The summed E-state index contributed by atoms with van der Waals surface area (Å²) in [6.45, 7) is 3.47. The van der Waals surface area contributed by atoms with Crippen LogP contribution in [-0.2, 0) is 38.8 Å². The third-order valence-corrected chi connectivity index (χ3v) is 8.35. The maximum atomic E-state index is 13.8. The Labute approximate surface area is 255 Å². The van der Waals surface area contributed by atoms with Crippen LogP contribution in [0.25, 0.3) is 0 Å². The van der Waals surface area contributed by atoms with E-state index in [0.717, 1.165) is 34.3 Å². The lowest BCUT2D eigenvalue weighted by Gasteiger charge is -2.32. The number of carbonyl (C=O) groups excluding carboxylic acids is 2. The topological polar surface area (TPSA) is 86.8 Å². The van der Waals surface area contributed by atoms with Crippen LogP contribution in [0.15, 0.2) is 78.9 Å². The van der Waals surface area contributed by atoms with E-state index in [-0.39, 0.29) is 50.0 Å². The molecule has 0 bridgehead atoms. The predicted molar refractivity (Wildman–Crippen MR) is 162 cm³/mol. The van der Waals surface area contributed by atoms with Gasteiger partial charge < -0.3 is 10.2 Å². The number of rotatable bonds is 14. The standard InChI is InChI=1S/C32H37F4N3O4S/c1-4-23(2)37-31(41)29(20-24-10-6-5-7-11-24)38(22-25-15-17-27(33)18-16-25)30(40)14-9-19-39(44(3,42)43)28-13-8-12-26(21-28)32(34,35)36/h5-8,10-13,15-18,21,23,29H,4,9,14,19-20,22H2,1-3H3,(H,37,41). The Bertz CT molecular complexity index is 1500. The van der Waals surface area contributed by atoms with Gasteiger partial charge in [0.15, 0.2) is 0 Å². The normalized spacial score (nSPS) is 13.2. The van der Waals surface area contributed by atoms with Gasteiger partial charge in [-0.15, -0.1) is 0 Å². The smallest absolute Gasteiger partial charge is 0.352 e. The molecule has 44 heavy (non-hydrogen) atoms. The number of sulfonamides is 1. The van der Waals surface area contributed by atoms with Gasteiger partial charge in [0.25, 0.3) is 0 Å². The van der Waals surface area contributed by atoms with Crippen LogP contribution >= 0.6 is 0 Å². The number of hydrogen-bond acceptors (Lipinski definition) is 4. The van der Waals surface area contributed by atoms with Crippen molar-refractivity contribution >= 4 is 27.5 Å². The molecule has 12 heteroatoms. The molecule has 0 aromatic heterocycles. The molecule has 0 radical (unpaired) electrons. The summed E-state index contributed by atoms with van der Waals surface area (Å²) in [5, 5.41) is 2.94. The van der Waals surface area contributed by atoms with Gasteiger partial charge in [0.1, 0.15) is 11.9 Å². The summed E-state index contributed by atoms with van der Waals surface area (Å²) in [5.74, 6) is -1.30. The molecule has 1 N–H and O–H groups in total. The van der Waals surface area contributed by atoms with Gasteiger partial charge in [-0.2, -0.15) is 13.2 Å². The SMILES string of the molecule is CCC(C)NC(=O)C(Cc1ccccc1)N(Cc1ccc(F)cc1)C(=O)CCCN(c1cccc(C(F)(F)F)c1)S(C)(=O)=O. The van der Waals surface area contributed by atoms with E-state index in [4.69, 9.17) is 0 Å². The third kappa shape index (κ3) is 10.1. The second kappa shape index (κ2) is 15.2. The first-order valence-electron chi connectivity index (χ1n) is 14.2. The minimum absolute atomic E-state index is 0.0199. The highest BCUT2D eigenvalue weighted by Crippen LogP contribution is 2.32. The maximum absolute atomic E-state index is 13.8. The van der Waals surface area contributed by atoms with E-state index in [1.54, 1.807) is 0 Å². The van der Waals surface area contributed by atoms with Crippen molar-refractivity contribution in [2.45, 2.75) is 64.3 Å². The number of amides is 2. The number of carbonyl (C=O) groups is 2. The number of benzene rings is 3. The van der Waals surface area contributed by atoms with E-state index in [1.165, 1.54) is 35.2 Å². The molecule has 0 aliphatic carbocycles. The number of anilines is 1. The average molecular weight is 636 g/mol. The highest BCUT2D eigenvalue weighted by molar-refractivity contribution is 7.92. The van der Waals surface area contributed by atoms with Crippen molar-refractivity contribution in [1.82, 2.24) is 10.2 Å². The minimum atomic E-state index is -4.67. The summed E-state index contributed by atoms with van der Waals surface area (Å²) in [7, 11) is -4.00. The first kappa shape index (κ1) is 34.6. The van der Waals surface area contributed by atoms with Crippen LogP contribution in [0.5, 0.6) is 0 Å². The largest absolute Gasteiger partial charge is 0.416 e. The van der Waals surface area contributed by atoms with E-state index >= 15 is 0 Å². The molecule has 2 atom stereocenters. The lowest BCUT2D eigenvalue weighted by atomic mass is 10.0. The Kier molecular flexibility index (Phi) is 11.9. The number of nitrogens with zero attached hydrogens (tertiary/aromatic N) is 2. The van der Waals surface area contributed by atoms with Gasteiger partial charge in [-0.25, -0.2) is 12.8 Å². The molecule has 0 saturated heterocycles. The molecule has 3 aromatic rings. The molecule has 0 aliphatic rings. The quantitative estimate of drug-likeness (QED) is 0.222. The van der Waals surface area contributed by atoms with E-state index in [1.807, 2.05) is 44.2 Å². The van der Waals surface area contributed by atoms with Crippen molar-refractivity contribution < 1.29 is 35.6 Å². The van der Waals surface area contributed by atoms with Gasteiger partial charge in [-0.1, -0.05) is 55.5 Å². The van der Waals surface area contributed by atoms with Crippen LogP contribution in [0.4, 0.5) is 23.2 Å². The van der Waals surface area contributed by atoms with Gasteiger partial charge in [-0.05, 0) is 61.2 Å². The van der Waals surface area contributed by atoms with Crippen LogP contribution in [0.1, 0.15) is 49.8 Å². The number of hydrogen-bond donors (Lipinski definition) is 1. The summed E-state index contributed by atoms with van der Waals surface area (Å²) < 4.78 is 79.5. The zero-order valence-corrected chi connectivity index (χ0v) is 25.7. The molecule has 0 fully saturated rings. The third-order valence-electron chi connectivity index (χ3n) is 7.15. The molecule has 0 heterocycles. The van der Waals surface area contributed by atoms with Gasteiger partial charge in [-0.3, -0.25) is 13.9 Å². The van der Waals surface area contributed by atoms with Crippen LogP contribution in [0.2, 0.25) is 0 Å². The van der Waals surface area contributed by atoms with E-state index < -0.39 is 39.5 Å². The zero-order valence-electron chi connectivity index (χ0n) is 24.9. The number of alkyl halides is 3. The van der Waals surface area contributed by atoms with E-state index in [0.29, 0.717) is 12.0 Å². The Hall–Kier alpha value is -3.93. The first-order valence-corrected chi connectivity index (χ1v) is 16.1. The van der Waals surface area contributed by atoms with E-state index in [2.05, 4.69) is 5.32 Å². The number of halogens is 4. The molecule has 2 amide bonds. The molecular formula is C32H37F4N3O4S. The molecule has 0 saturated carbocycles. The van der Waals surface area contributed by atoms with Crippen LogP contribution < -0.4 is 9.62 Å². The summed E-state index contributed by atoms with van der Waals surface area (Å²) in [4.78, 5) is 28.8. The average Bonchev–Trinajstić information content (AvgIpc) is 2.97. The fourth-order valence-electron chi connectivity index (χ4n) is 4.62. The van der Waals surface area contributed by atoms with Crippen molar-refractivity contribution in [2.24, 2.45) is 0 Å². The Balaban J connectivity index is 1.90. The Morgan fingerprint density at radius 1 is 0.932 bits per heavy atom. The molecule has 3 rings (SSSR count). The van der Waals surface area contributed by atoms with Gasteiger partial charge in [0.2, 0.25) is 21.8 Å². The van der Waals surface area contributed by atoms with Gasteiger partial charge in [0.05, 0.1) is 17.5 Å². The highest BCUT2D eigenvalue weighted by Gasteiger charge is 2.33. The van der Waals surface area contributed by atoms with Crippen LogP contribution in [-0.4, -0.2) is 50.0 Å². The number of nitrogens with one attached hydrogen (secondary N) is 1. The summed E-state index contributed by atoms with van der Waals surface area (Å²) in [5.41, 5.74) is 0.214. The van der Waals surface area contributed by atoms with Crippen molar-refractivity contribution in [3.8, 4) is 0 Å². The van der Waals surface area contributed by atoms with Crippen LogP contribution in [0.3, 0.4) is 0 Å². The molecule has 2 unspecified atom stereocenters. The summed E-state index contributed by atoms with van der Waals surface area (Å²) >= 11 is 0. The van der Waals surface area contributed by atoms with Crippen molar-refractivity contribution in [1.29, 1.82) is 0 Å². The minimum Gasteiger partial charge on any atom is -0.352 e. The lowest BCUT2D eigenvalue weighted by Crippen LogP contribution is -2.52. The van der Waals surface area contributed by atoms with Gasteiger partial charge in [0, 0.05) is 32.0 Å². The Morgan fingerprint density at radius 3 is 2.18 bits per heavy atom. The highest BCUT2D eigenvalue weighted by atomic mass is 32.2. The second-order valence-electron chi connectivity index (χ2n) is 10.7. The zero-order chi connectivity index (χ0) is 32.5. The second-order valence-corrected chi connectivity index (χ2v) is 12.6. The molecular weight excluding hydrogens is 598 g/mol. The lowest BCUT2D eigenvalue weighted by molar-refractivity contribution is -0.141. The molecule has 0 aliphatic heterocycles. The predicted octanol–water partition coefficient (Wildman–Crippen LogP) is 5.95. The fraction of sp³-hybridized carbons (Fsp3) is 0.375. The molecule has 0 spiro atoms. The Morgan fingerprint density at radius 2 is 1.59 bits per heavy atom. The summed E-state index contributed by atoms with van der Waals surface area (Å²) in [6, 6.07) is 17.5. The fourth-order valence-corrected chi connectivity index (χ4v) is 5.58. The maximum Gasteiger partial charge on any atom is 0.416 e. The van der Waals surface area contributed by atoms with Crippen molar-refractivity contribution in [3.63, 3.8) is 0 Å². The first-order chi connectivity index (χ1) is 20.7. The van der Waals surface area contributed by atoms with Crippen molar-refractivity contribution in [3.05, 3.63) is 101 Å². The van der Waals surface area contributed by atoms with Crippen LogP contribution in [0, 0.1) is 5.82 Å². The summed E-state index contributed by atoms with van der Waals surface area (Å²) in [6.07, 6.45) is -3.17. The molecule has 3 aromatic carbocycles. The molecule has 238 valence electrons.